The van der Waals surface area contributed by atoms with E-state index in [1.54, 1.807) is 13.2 Å². The lowest BCUT2D eigenvalue weighted by Gasteiger charge is -2.32. The van der Waals surface area contributed by atoms with Crippen LogP contribution in [0.2, 0.25) is 0 Å². The highest BCUT2D eigenvalue weighted by molar-refractivity contribution is 14.1. The number of hydrogen-bond acceptors (Lipinski definition) is 12. The van der Waals surface area contributed by atoms with Crippen LogP contribution < -0.4 is 10.6 Å². The average molecular weight is 999 g/mol. The molecule has 2 heterocycles. The monoisotopic (exact) mass is 998 g/mol. The normalized spacial score (nSPS) is 16.0. The molecule has 350 valence electrons. The summed E-state index contributed by atoms with van der Waals surface area (Å²) in [7, 11) is 1.71. The fraction of sp³-hybridized carbons (Fsp3) is 0.583. The van der Waals surface area contributed by atoms with Crippen LogP contribution in [0.1, 0.15) is 83.5 Å². The molecule has 0 aliphatic carbocycles. The molecule has 1 aliphatic heterocycles. The van der Waals surface area contributed by atoms with Crippen LogP contribution in [0.25, 0.3) is 0 Å². The molecule has 3 aromatic rings. The molecule has 0 bridgehead atoms. The van der Waals surface area contributed by atoms with Crippen LogP contribution in [0.15, 0.2) is 66.9 Å². The predicted molar refractivity (Wildman–Crippen MR) is 250 cm³/mol. The van der Waals surface area contributed by atoms with Crippen molar-refractivity contribution in [2.75, 3.05) is 43.9 Å². The van der Waals surface area contributed by atoms with E-state index < -0.39 is 53.8 Å². The van der Waals surface area contributed by atoms with Gasteiger partial charge in [-0.1, -0.05) is 116 Å². The number of esters is 1. The van der Waals surface area contributed by atoms with Gasteiger partial charge in [0.25, 0.3) is 0 Å². The molecular formula is C48H67IN6O9. The van der Waals surface area contributed by atoms with Gasteiger partial charge in [-0.05, 0) is 62.0 Å². The number of carbonyl (C=O) groups excluding carboxylic acids is 6. The molecule has 2 N–H and O–H groups in total. The van der Waals surface area contributed by atoms with Crippen molar-refractivity contribution in [3.63, 3.8) is 0 Å². The molecule has 15 nitrogen and oxygen atoms in total. The van der Waals surface area contributed by atoms with E-state index >= 15 is 0 Å². The third-order valence-corrected chi connectivity index (χ3v) is 12.6. The molecular weight excluding hydrogens is 931 g/mol. The molecule has 5 atom stereocenters. The van der Waals surface area contributed by atoms with Crippen molar-refractivity contribution < 1.29 is 43.0 Å². The van der Waals surface area contributed by atoms with Gasteiger partial charge < -0.3 is 24.8 Å². The highest BCUT2D eigenvalue weighted by Gasteiger charge is 2.42. The van der Waals surface area contributed by atoms with Gasteiger partial charge in [0.15, 0.2) is 17.2 Å². The lowest BCUT2D eigenvalue weighted by atomic mass is 9.87. The van der Waals surface area contributed by atoms with Crippen molar-refractivity contribution >= 4 is 57.7 Å². The summed E-state index contributed by atoms with van der Waals surface area (Å²) in [5.74, 6) is -4.07. The van der Waals surface area contributed by atoms with E-state index in [1.807, 2.05) is 116 Å². The number of rotatable bonds is 28. The summed E-state index contributed by atoms with van der Waals surface area (Å²) >= 11 is 1.99. The number of aromatic nitrogens is 3. The zero-order valence-corrected chi connectivity index (χ0v) is 40.4. The van der Waals surface area contributed by atoms with E-state index in [2.05, 4.69) is 20.9 Å². The number of morpholine rings is 1. The second-order valence-electron chi connectivity index (χ2n) is 17.9. The molecule has 1 aromatic heterocycles. The Bertz CT molecular complexity index is 1960. The van der Waals surface area contributed by atoms with Crippen LogP contribution in [0, 0.1) is 23.7 Å². The molecule has 1 unspecified atom stereocenters. The maximum Gasteiger partial charge on any atom is 0.333 e. The highest BCUT2D eigenvalue weighted by Crippen LogP contribution is 2.24. The predicted octanol–water partition coefficient (Wildman–Crippen LogP) is 5.06. The largest absolute Gasteiger partial charge is 0.449 e. The van der Waals surface area contributed by atoms with Gasteiger partial charge in [0, 0.05) is 49.2 Å². The van der Waals surface area contributed by atoms with E-state index in [0.29, 0.717) is 51.3 Å². The molecule has 64 heavy (non-hydrogen) atoms. The molecule has 2 aromatic carbocycles. The first-order valence-corrected chi connectivity index (χ1v) is 23.9. The van der Waals surface area contributed by atoms with Gasteiger partial charge in [-0.15, -0.1) is 5.10 Å². The zero-order valence-electron chi connectivity index (χ0n) is 38.3. The van der Waals surface area contributed by atoms with Gasteiger partial charge in [0.05, 0.1) is 44.6 Å². The minimum absolute atomic E-state index is 0.0143. The summed E-state index contributed by atoms with van der Waals surface area (Å²) in [6, 6.07) is 17.1. The number of nitrogens with one attached hydrogen (secondary N) is 2. The molecule has 2 amide bonds. The van der Waals surface area contributed by atoms with Crippen molar-refractivity contribution in [1.29, 1.82) is 0 Å². The first-order chi connectivity index (χ1) is 30.5. The van der Waals surface area contributed by atoms with Gasteiger partial charge >= 0.3 is 5.97 Å². The number of ketones is 3. The third-order valence-electron chi connectivity index (χ3n) is 11.1. The molecule has 0 spiro atoms. The summed E-state index contributed by atoms with van der Waals surface area (Å²) in [5.41, 5.74) is 0.788. The number of benzene rings is 2. The summed E-state index contributed by atoms with van der Waals surface area (Å²) in [4.78, 5) is 86.0. The summed E-state index contributed by atoms with van der Waals surface area (Å²) < 4.78 is 18.3. The van der Waals surface area contributed by atoms with E-state index in [0.717, 1.165) is 11.1 Å². The Labute approximate surface area is 391 Å². The fourth-order valence-electron chi connectivity index (χ4n) is 7.72. The van der Waals surface area contributed by atoms with Crippen molar-refractivity contribution in [3.05, 3.63) is 83.7 Å². The van der Waals surface area contributed by atoms with E-state index in [-0.39, 0.29) is 72.6 Å². The number of Topliss-reactive ketones (excluding diaryl/α,β-unsaturated/α-hetero) is 3. The number of nitrogens with zero attached hydrogens (tertiary/aromatic N) is 4. The topological polar surface area (TPSA) is 188 Å². The Hall–Kier alpha value is -4.39. The standard InChI is InChI=1S/C48H67IN6O9/c1-33(2)23-41(50-46(60)37(18-17-35-13-9-7-10-14-35)26-40(56)29-55-19-21-62-22-20-55)43(57)27-38(25-36-15-11-8-12-16-36)47(61)51-42(24-34(3)4)45(59)48(5,32-49)64-44(58)31-63-30-39-28-54(6)53-52-39/h7-16,28,33-34,37-38,41-42H,17-27,29-32H2,1-6H3,(H,50,60)(H,51,61)/t37-,38-,41+,42+,48?/m1/s1. The lowest BCUT2D eigenvalue weighted by molar-refractivity contribution is -0.168. The molecule has 0 saturated carbocycles. The second-order valence-corrected chi connectivity index (χ2v) is 18.6. The summed E-state index contributed by atoms with van der Waals surface area (Å²) in [6.07, 6.45) is 3.25. The van der Waals surface area contributed by atoms with Crippen LogP contribution in [0.3, 0.4) is 0 Å². The van der Waals surface area contributed by atoms with Crippen LogP contribution in [-0.4, -0.2) is 117 Å². The first-order valence-electron chi connectivity index (χ1n) is 22.3. The first kappa shape index (κ1) is 52.2. The van der Waals surface area contributed by atoms with Crippen molar-refractivity contribution in [2.45, 2.75) is 104 Å². The molecule has 16 heteroatoms. The Balaban J connectivity index is 1.52. The van der Waals surface area contributed by atoms with Crippen molar-refractivity contribution in [1.82, 2.24) is 30.5 Å². The number of ether oxygens (including phenoxy) is 3. The van der Waals surface area contributed by atoms with Gasteiger partial charge in [-0.3, -0.25) is 33.6 Å². The number of halogens is 1. The number of aryl methyl sites for hydroxylation is 2. The van der Waals surface area contributed by atoms with Crippen LogP contribution in [0.5, 0.6) is 0 Å². The van der Waals surface area contributed by atoms with Crippen molar-refractivity contribution in [2.24, 2.45) is 30.7 Å². The third kappa shape index (κ3) is 17.9. The van der Waals surface area contributed by atoms with Crippen LogP contribution in [-0.2, 0) is 69.5 Å². The lowest BCUT2D eigenvalue weighted by Crippen LogP contribution is -2.55. The zero-order chi connectivity index (χ0) is 46.6. The maximum atomic E-state index is 14.5. The molecule has 1 aliphatic rings. The van der Waals surface area contributed by atoms with Crippen LogP contribution >= 0.6 is 22.6 Å². The van der Waals surface area contributed by atoms with Gasteiger partial charge in [-0.25, -0.2) is 4.79 Å². The minimum Gasteiger partial charge on any atom is -0.449 e. The number of hydrogen-bond donors (Lipinski definition) is 2. The highest BCUT2D eigenvalue weighted by atomic mass is 127. The molecule has 0 radical (unpaired) electrons. The SMILES string of the molecule is CC(C)C[C@H](NC(=O)[C@H](CCc1ccccc1)CC(=O)CN1CCOCC1)C(=O)C[C@@H](Cc1ccccc1)C(=O)N[C@@H](CC(C)C)C(=O)C(C)(CI)OC(=O)COCc1cn(C)nn1. The number of carbonyl (C=O) groups is 6. The summed E-state index contributed by atoms with van der Waals surface area (Å²) in [5, 5.41) is 13.8. The second kappa shape index (κ2) is 26.5. The number of alkyl halides is 1. The Morgan fingerprint density at radius 1 is 0.828 bits per heavy atom. The average Bonchev–Trinajstić information content (AvgIpc) is 3.68. The minimum atomic E-state index is -1.60. The Morgan fingerprint density at radius 2 is 1.42 bits per heavy atom. The van der Waals surface area contributed by atoms with Gasteiger partial charge in [0.2, 0.25) is 11.8 Å². The fourth-order valence-corrected chi connectivity index (χ4v) is 8.25. The summed E-state index contributed by atoms with van der Waals surface area (Å²) in [6.45, 7) is 11.5. The van der Waals surface area contributed by atoms with Gasteiger partial charge in [-0.2, -0.15) is 0 Å². The molecule has 1 saturated heterocycles. The maximum absolute atomic E-state index is 14.5. The van der Waals surface area contributed by atoms with Gasteiger partial charge in [0.1, 0.15) is 18.1 Å². The molecule has 1 fully saturated rings. The van der Waals surface area contributed by atoms with E-state index in [1.165, 1.54) is 11.6 Å². The Morgan fingerprint density at radius 3 is 2.02 bits per heavy atom. The van der Waals surface area contributed by atoms with Crippen LogP contribution in [0.4, 0.5) is 0 Å². The van der Waals surface area contributed by atoms with E-state index in [9.17, 15) is 28.8 Å². The molecule has 4 rings (SSSR count). The van der Waals surface area contributed by atoms with E-state index in [4.69, 9.17) is 14.2 Å². The Kier molecular flexibility index (Phi) is 21.7. The smallest absolute Gasteiger partial charge is 0.333 e. The quantitative estimate of drug-likeness (QED) is 0.0561. The number of amides is 2. The van der Waals surface area contributed by atoms with Crippen molar-refractivity contribution in [3.8, 4) is 0 Å².